The number of halogens is 3. The molecule has 6 nitrogen and oxygen atoms in total. The molecule has 0 radical (unpaired) electrons. The SMILES string of the molecule is CC1C(CN2CCCCC2)OC(c2ccc(-c3ccccc3CNC(=O)C(Cl)(Cl)Cl)cc2)OC1c1ccc(CO)cc1. The van der Waals surface area contributed by atoms with Gasteiger partial charge >= 0.3 is 0 Å². The molecule has 2 aliphatic heterocycles. The summed E-state index contributed by atoms with van der Waals surface area (Å²) in [7, 11) is 0. The lowest BCUT2D eigenvalue weighted by Gasteiger charge is -2.43. The van der Waals surface area contributed by atoms with Gasteiger partial charge in [-0.3, -0.25) is 4.79 Å². The lowest BCUT2D eigenvalue weighted by molar-refractivity contribution is -0.276. The summed E-state index contributed by atoms with van der Waals surface area (Å²) in [4.78, 5) is 14.6. The van der Waals surface area contributed by atoms with E-state index in [1.54, 1.807) is 0 Å². The van der Waals surface area contributed by atoms with Crippen LogP contribution < -0.4 is 5.32 Å². The van der Waals surface area contributed by atoms with E-state index in [-0.39, 0.29) is 31.3 Å². The summed E-state index contributed by atoms with van der Waals surface area (Å²) in [5.74, 6) is -0.518. The molecule has 42 heavy (non-hydrogen) atoms. The number of hydrogen-bond donors (Lipinski definition) is 2. The standard InChI is InChI=1S/C33H37Cl3N2O4/c1-22-29(20-38-17-5-2-6-18-38)41-31(42-30(22)25-11-9-23(21-39)10-12-25)26-15-13-24(14-16-26)28-8-4-3-7-27(28)19-37-32(40)33(34,35)36/h3-4,7-16,22,29-31,39H,2,5-6,17-21H2,1H3,(H,37,40). The van der Waals surface area contributed by atoms with Crippen LogP contribution in [0.2, 0.25) is 0 Å². The molecule has 2 N–H and O–H groups in total. The van der Waals surface area contributed by atoms with Gasteiger partial charge in [-0.2, -0.15) is 0 Å². The first-order valence-electron chi connectivity index (χ1n) is 14.5. The van der Waals surface area contributed by atoms with Crippen LogP contribution in [-0.2, 0) is 27.4 Å². The van der Waals surface area contributed by atoms with Crippen LogP contribution in [0.5, 0.6) is 0 Å². The maximum atomic E-state index is 12.1. The molecule has 0 bridgehead atoms. The zero-order chi connectivity index (χ0) is 29.7. The normalized spacial score (nSPS) is 23.5. The molecule has 1 amide bonds. The van der Waals surface area contributed by atoms with E-state index in [1.165, 1.54) is 19.3 Å². The van der Waals surface area contributed by atoms with Gasteiger partial charge in [0.15, 0.2) is 6.29 Å². The average molecular weight is 632 g/mol. The molecule has 3 aromatic carbocycles. The molecule has 3 aromatic rings. The predicted octanol–water partition coefficient (Wildman–Crippen LogP) is 7.11. The number of likely N-dealkylation sites (tertiary alicyclic amines) is 1. The van der Waals surface area contributed by atoms with Crippen LogP contribution in [0.1, 0.15) is 60.8 Å². The molecule has 2 saturated heterocycles. The Morgan fingerprint density at radius 1 is 0.929 bits per heavy atom. The van der Waals surface area contributed by atoms with Gasteiger partial charge in [-0.05, 0) is 53.7 Å². The minimum Gasteiger partial charge on any atom is -0.392 e. The van der Waals surface area contributed by atoms with Crippen molar-refractivity contribution in [1.29, 1.82) is 0 Å². The second-order valence-corrected chi connectivity index (χ2v) is 13.4. The van der Waals surface area contributed by atoms with Crippen molar-refractivity contribution in [2.45, 2.75) is 61.6 Å². The smallest absolute Gasteiger partial charge is 0.272 e. The molecular formula is C33H37Cl3N2O4. The molecule has 2 aliphatic rings. The number of hydrogen-bond acceptors (Lipinski definition) is 5. The summed E-state index contributed by atoms with van der Waals surface area (Å²) in [5, 5.41) is 12.2. The molecule has 2 fully saturated rings. The van der Waals surface area contributed by atoms with Gasteiger partial charge < -0.3 is 24.8 Å². The Hall–Kier alpha value is -2.16. The van der Waals surface area contributed by atoms with Gasteiger partial charge in [-0.15, -0.1) is 0 Å². The number of carbonyl (C=O) groups is 1. The Bertz CT molecular complexity index is 1320. The Kier molecular flexibility index (Phi) is 10.5. The van der Waals surface area contributed by atoms with E-state index in [0.29, 0.717) is 0 Å². The first kappa shape index (κ1) is 31.3. The number of aliphatic hydroxyl groups is 1. The third-order valence-corrected chi connectivity index (χ3v) is 8.73. The number of piperidine rings is 1. The fourth-order valence-electron chi connectivity index (χ4n) is 5.78. The third kappa shape index (κ3) is 7.67. The number of ether oxygens (including phenoxy) is 2. The van der Waals surface area contributed by atoms with E-state index in [1.807, 2.05) is 60.7 Å². The minimum absolute atomic E-state index is 0.00583. The molecule has 5 rings (SSSR count). The minimum atomic E-state index is -2.02. The van der Waals surface area contributed by atoms with Crippen LogP contribution in [0, 0.1) is 5.92 Å². The summed E-state index contributed by atoms with van der Waals surface area (Å²) in [6.45, 7) is 5.52. The Morgan fingerprint density at radius 3 is 2.26 bits per heavy atom. The quantitative estimate of drug-likeness (QED) is 0.259. The van der Waals surface area contributed by atoms with Gasteiger partial charge in [-0.1, -0.05) is 121 Å². The van der Waals surface area contributed by atoms with Crippen LogP contribution in [0.3, 0.4) is 0 Å². The number of benzene rings is 3. The number of rotatable bonds is 8. The maximum Gasteiger partial charge on any atom is 0.272 e. The summed E-state index contributed by atoms with van der Waals surface area (Å²) >= 11 is 17.2. The van der Waals surface area contributed by atoms with Crippen molar-refractivity contribution in [1.82, 2.24) is 10.2 Å². The van der Waals surface area contributed by atoms with Crippen LogP contribution in [0.15, 0.2) is 72.8 Å². The van der Waals surface area contributed by atoms with Crippen molar-refractivity contribution in [2.75, 3.05) is 19.6 Å². The van der Waals surface area contributed by atoms with Crippen LogP contribution in [0.4, 0.5) is 0 Å². The molecule has 4 atom stereocenters. The van der Waals surface area contributed by atoms with E-state index < -0.39 is 16.0 Å². The van der Waals surface area contributed by atoms with Crippen LogP contribution >= 0.6 is 34.8 Å². The van der Waals surface area contributed by atoms with Crippen molar-refractivity contribution in [2.24, 2.45) is 5.92 Å². The lowest BCUT2D eigenvalue weighted by atomic mass is 9.89. The molecule has 224 valence electrons. The highest BCUT2D eigenvalue weighted by Crippen LogP contribution is 2.42. The molecular weight excluding hydrogens is 595 g/mol. The number of nitrogens with zero attached hydrogens (tertiary/aromatic N) is 1. The molecule has 2 heterocycles. The van der Waals surface area contributed by atoms with E-state index >= 15 is 0 Å². The van der Waals surface area contributed by atoms with Gasteiger partial charge in [0.1, 0.15) is 0 Å². The van der Waals surface area contributed by atoms with Crippen LogP contribution in [0.25, 0.3) is 11.1 Å². The van der Waals surface area contributed by atoms with Crippen molar-refractivity contribution in [3.05, 3.63) is 95.1 Å². The van der Waals surface area contributed by atoms with Crippen molar-refractivity contribution >= 4 is 40.7 Å². The zero-order valence-corrected chi connectivity index (χ0v) is 25.9. The summed E-state index contributed by atoms with van der Waals surface area (Å²) < 4.78 is 11.3. The lowest BCUT2D eigenvalue weighted by Crippen LogP contribution is -2.45. The third-order valence-electron chi connectivity index (χ3n) is 8.22. The summed E-state index contributed by atoms with van der Waals surface area (Å²) in [6.07, 6.45) is 3.08. The first-order valence-corrected chi connectivity index (χ1v) is 15.6. The van der Waals surface area contributed by atoms with Gasteiger partial charge in [0.05, 0.1) is 18.8 Å². The predicted molar refractivity (Wildman–Crippen MR) is 167 cm³/mol. The molecule has 0 aromatic heterocycles. The number of amides is 1. The molecule has 9 heteroatoms. The van der Waals surface area contributed by atoms with Crippen molar-refractivity contribution in [3.8, 4) is 11.1 Å². The van der Waals surface area contributed by atoms with Gasteiger partial charge in [-0.25, -0.2) is 0 Å². The second-order valence-electron chi connectivity index (χ2n) is 11.1. The van der Waals surface area contributed by atoms with Crippen molar-refractivity contribution in [3.63, 3.8) is 0 Å². The van der Waals surface area contributed by atoms with Crippen LogP contribution in [-0.4, -0.2) is 45.4 Å². The largest absolute Gasteiger partial charge is 0.392 e. The number of nitrogens with one attached hydrogen (secondary N) is 1. The fraction of sp³-hybridized carbons (Fsp3) is 0.424. The molecule has 0 spiro atoms. The van der Waals surface area contributed by atoms with E-state index in [0.717, 1.165) is 53.0 Å². The van der Waals surface area contributed by atoms with E-state index in [2.05, 4.69) is 29.3 Å². The fourth-order valence-corrected chi connectivity index (χ4v) is 5.98. The Labute approximate surface area is 262 Å². The number of aliphatic hydroxyl groups excluding tert-OH is 1. The van der Waals surface area contributed by atoms with Gasteiger partial charge in [0.25, 0.3) is 9.70 Å². The molecule has 4 unspecified atom stereocenters. The first-order chi connectivity index (χ1) is 20.2. The van der Waals surface area contributed by atoms with E-state index in [9.17, 15) is 9.90 Å². The monoisotopic (exact) mass is 630 g/mol. The van der Waals surface area contributed by atoms with Gasteiger partial charge in [0, 0.05) is 24.6 Å². The number of carbonyl (C=O) groups excluding carboxylic acids is 1. The Morgan fingerprint density at radius 2 is 1.60 bits per heavy atom. The van der Waals surface area contributed by atoms with Gasteiger partial charge in [0.2, 0.25) is 0 Å². The second kappa shape index (κ2) is 14.1. The highest BCUT2D eigenvalue weighted by atomic mass is 35.6. The topological polar surface area (TPSA) is 71.0 Å². The molecule has 0 saturated carbocycles. The highest BCUT2D eigenvalue weighted by molar-refractivity contribution is 6.76. The maximum absolute atomic E-state index is 12.1. The van der Waals surface area contributed by atoms with Crippen molar-refractivity contribution < 1.29 is 19.4 Å². The highest BCUT2D eigenvalue weighted by Gasteiger charge is 2.39. The van der Waals surface area contributed by atoms with E-state index in [4.69, 9.17) is 44.3 Å². The summed E-state index contributed by atoms with van der Waals surface area (Å²) in [6, 6.07) is 24.0. The average Bonchev–Trinajstić information content (AvgIpc) is 3.01. The molecule has 0 aliphatic carbocycles. The summed E-state index contributed by atoms with van der Waals surface area (Å²) in [5.41, 5.74) is 5.76. The Balaban J connectivity index is 1.37. The number of alkyl halides is 3. The zero-order valence-electron chi connectivity index (χ0n) is 23.6.